The Hall–Kier alpha value is -1.50. The normalized spacial score (nSPS) is 18.8. The van der Waals surface area contributed by atoms with Crippen LogP contribution >= 0.6 is 0 Å². The smallest absolute Gasteiger partial charge is 0.250 e. The van der Waals surface area contributed by atoms with E-state index in [9.17, 15) is 9.18 Å². The van der Waals surface area contributed by atoms with E-state index in [1.807, 2.05) is 0 Å². The molecule has 5 nitrogen and oxygen atoms in total. The maximum Gasteiger partial charge on any atom is 0.250 e. The summed E-state index contributed by atoms with van der Waals surface area (Å²) in [6, 6.07) is 4.72. The van der Waals surface area contributed by atoms with E-state index in [0.29, 0.717) is 25.3 Å². The highest BCUT2D eigenvalue weighted by molar-refractivity contribution is 5.81. The van der Waals surface area contributed by atoms with E-state index >= 15 is 0 Å². The van der Waals surface area contributed by atoms with Gasteiger partial charge in [-0.2, -0.15) is 0 Å². The number of benzene rings is 1. The van der Waals surface area contributed by atoms with Crippen molar-refractivity contribution in [3.63, 3.8) is 0 Å². The van der Waals surface area contributed by atoms with Gasteiger partial charge in [-0.3, -0.25) is 4.79 Å². The molecule has 0 bridgehead atoms. The molecule has 1 fully saturated rings. The Morgan fingerprint density at radius 3 is 3.15 bits per heavy atom. The monoisotopic (exact) mass is 282 g/mol. The minimum Gasteiger partial charge on any atom is -0.380 e. The molecule has 6 heteroatoms. The first-order chi connectivity index (χ1) is 9.70. The summed E-state index contributed by atoms with van der Waals surface area (Å²) in [5.74, 6) is -0.462. The van der Waals surface area contributed by atoms with Crippen LogP contribution in [0.1, 0.15) is 11.1 Å². The average molecular weight is 282 g/mol. The Bertz CT molecular complexity index is 462. The fourth-order valence-electron chi connectivity index (χ4n) is 2.04. The molecule has 0 aliphatic carbocycles. The number of nitrogens with one attached hydrogen (secondary N) is 2. The van der Waals surface area contributed by atoms with Crippen molar-refractivity contribution < 1.29 is 18.7 Å². The molecule has 1 heterocycles. The second kappa shape index (κ2) is 7.33. The summed E-state index contributed by atoms with van der Waals surface area (Å²) in [5, 5.41) is 5.89. The number of morpholine rings is 1. The lowest BCUT2D eigenvalue weighted by atomic mass is 10.1. The van der Waals surface area contributed by atoms with E-state index in [0.717, 1.165) is 12.1 Å². The van der Waals surface area contributed by atoms with Gasteiger partial charge in [0, 0.05) is 32.3 Å². The Labute approximate surface area is 117 Å². The Morgan fingerprint density at radius 2 is 2.45 bits per heavy atom. The van der Waals surface area contributed by atoms with E-state index in [1.165, 1.54) is 13.2 Å². The highest BCUT2D eigenvalue weighted by Crippen LogP contribution is 2.11. The predicted octanol–water partition coefficient (Wildman–Crippen LogP) is 0.577. The van der Waals surface area contributed by atoms with Crippen LogP contribution in [0.2, 0.25) is 0 Å². The molecule has 110 valence electrons. The average Bonchev–Trinajstić information content (AvgIpc) is 2.49. The summed E-state index contributed by atoms with van der Waals surface area (Å²) in [5.41, 5.74) is 1.31. The van der Waals surface area contributed by atoms with Gasteiger partial charge in [-0.1, -0.05) is 6.07 Å². The molecule has 0 radical (unpaired) electrons. The van der Waals surface area contributed by atoms with E-state index in [4.69, 9.17) is 9.47 Å². The summed E-state index contributed by atoms with van der Waals surface area (Å²) in [6.07, 6.45) is -0.456. The molecule has 1 aromatic carbocycles. The van der Waals surface area contributed by atoms with Crippen LogP contribution in [0.25, 0.3) is 0 Å². The zero-order valence-electron chi connectivity index (χ0n) is 11.4. The molecule has 2 rings (SSSR count). The van der Waals surface area contributed by atoms with Crippen LogP contribution in [0.3, 0.4) is 0 Å². The van der Waals surface area contributed by atoms with Crippen LogP contribution in [0.15, 0.2) is 18.2 Å². The van der Waals surface area contributed by atoms with Gasteiger partial charge in [0.1, 0.15) is 11.9 Å². The molecule has 20 heavy (non-hydrogen) atoms. The zero-order chi connectivity index (χ0) is 14.4. The number of amides is 1. The number of carbonyl (C=O) groups excluding carboxylic acids is 1. The third-order valence-electron chi connectivity index (χ3n) is 3.10. The van der Waals surface area contributed by atoms with Gasteiger partial charge in [-0.25, -0.2) is 4.39 Å². The molecule has 1 amide bonds. The number of methoxy groups -OCH3 is 1. The zero-order valence-corrected chi connectivity index (χ0v) is 11.4. The van der Waals surface area contributed by atoms with Crippen LogP contribution in [-0.2, 0) is 27.4 Å². The molecular formula is C14H19FN2O3. The van der Waals surface area contributed by atoms with Gasteiger partial charge in [-0.15, -0.1) is 0 Å². The van der Waals surface area contributed by atoms with Gasteiger partial charge in [0.15, 0.2) is 0 Å². The van der Waals surface area contributed by atoms with Gasteiger partial charge < -0.3 is 20.1 Å². The van der Waals surface area contributed by atoms with E-state index in [1.54, 1.807) is 12.1 Å². The molecule has 1 aliphatic heterocycles. The Morgan fingerprint density at radius 1 is 1.60 bits per heavy atom. The lowest BCUT2D eigenvalue weighted by Crippen LogP contribution is -2.47. The number of halogens is 1. The standard InChI is InChI=1S/C14H19FN2O3/c1-19-9-11-6-10(2-3-12(11)15)7-17-14(18)13-8-16-4-5-20-13/h2-3,6,13,16H,4-5,7-9H2,1H3,(H,17,18). The number of carbonyl (C=O) groups is 1. The summed E-state index contributed by atoms with van der Waals surface area (Å²) in [7, 11) is 1.52. The summed E-state index contributed by atoms with van der Waals surface area (Å²) >= 11 is 0. The molecule has 0 aromatic heterocycles. The van der Waals surface area contributed by atoms with Crippen LogP contribution < -0.4 is 10.6 Å². The number of hydrogen-bond donors (Lipinski definition) is 2. The molecule has 1 unspecified atom stereocenters. The number of hydrogen-bond acceptors (Lipinski definition) is 4. The number of ether oxygens (including phenoxy) is 2. The molecule has 0 spiro atoms. The van der Waals surface area contributed by atoms with Crippen molar-refractivity contribution >= 4 is 5.91 Å². The van der Waals surface area contributed by atoms with Gasteiger partial charge in [0.25, 0.3) is 5.91 Å². The molecular weight excluding hydrogens is 263 g/mol. The lowest BCUT2D eigenvalue weighted by molar-refractivity contribution is -0.134. The quantitative estimate of drug-likeness (QED) is 0.829. The van der Waals surface area contributed by atoms with Crippen LogP contribution in [-0.4, -0.2) is 38.8 Å². The largest absolute Gasteiger partial charge is 0.380 e. The van der Waals surface area contributed by atoms with E-state index in [2.05, 4.69) is 10.6 Å². The predicted molar refractivity (Wildman–Crippen MR) is 71.6 cm³/mol. The third-order valence-corrected chi connectivity index (χ3v) is 3.10. The molecule has 1 aliphatic rings. The van der Waals surface area contributed by atoms with Crippen LogP contribution in [0.5, 0.6) is 0 Å². The van der Waals surface area contributed by atoms with Crippen molar-refractivity contribution in [3.8, 4) is 0 Å². The minimum absolute atomic E-state index is 0.158. The van der Waals surface area contributed by atoms with E-state index < -0.39 is 6.10 Å². The topological polar surface area (TPSA) is 59.6 Å². The van der Waals surface area contributed by atoms with Crippen molar-refractivity contribution in [2.45, 2.75) is 19.3 Å². The Balaban J connectivity index is 1.89. The minimum atomic E-state index is -0.456. The van der Waals surface area contributed by atoms with E-state index in [-0.39, 0.29) is 18.3 Å². The first kappa shape index (κ1) is 14.9. The van der Waals surface area contributed by atoms with Crippen molar-refractivity contribution in [1.82, 2.24) is 10.6 Å². The molecule has 2 N–H and O–H groups in total. The van der Waals surface area contributed by atoms with Gasteiger partial charge in [0.05, 0.1) is 13.2 Å². The van der Waals surface area contributed by atoms with Crippen molar-refractivity contribution in [2.75, 3.05) is 26.8 Å². The fourth-order valence-corrected chi connectivity index (χ4v) is 2.04. The highest BCUT2D eigenvalue weighted by atomic mass is 19.1. The molecule has 1 saturated heterocycles. The first-order valence-corrected chi connectivity index (χ1v) is 6.57. The Kier molecular flexibility index (Phi) is 5.46. The third kappa shape index (κ3) is 4.00. The van der Waals surface area contributed by atoms with Gasteiger partial charge in [0.2, 0.25) is 0 Å². The lowest BCUT2D eigenvalue weighted by Gasteiger charge is -2.22. The van der Waals surface area contributed by atoms with Crippen LogP contribution in [0.4, 0.5) is 4.39 Å². The van der Waals surface area contributed by atoms with Gasteiger partial charge in [-0.05, 0) is 17.7 Å². The second-order valence-electron chi connectivity index (χ2n) is 4.64. The molecule has 1 aromatic rings. The summed E-state index contributed by atoms with van der Waals surface area (Å²) < 4.78 is 23.7. The second-order valence-corrected chi connectivity index (χ2v) is 4.64. The van der Waals surface area contributed by atoms with Crippen molar-refractivity contribution in [3.05, 3.63) is 35.1 Å². The maximum absolute atomic E-state index is 13.5. The van der Waals surface area contributed by atoms with Gasteiger partial charge >= 0.3 is 0 Å². The highest BCUT2D eigenvalue weighted by Gasteiger charge is 2.21. The molecule has 1 atom stereocenters. The summed E-state index contributed by atoms with van der Waals surface area (Å²) in [6.45, 7) is 2.37. The summed E-state index contributed by atoms with van der Waals surface area (Å²) in [4.78, 5) is 11.9. The SMILES string of the molecule is COCc1cc(CNC(=O)C2CNCCO2)ccc1F. The maximum atomic E-state index is 13.5. The van der Waals surface area contributed by atoms with Crippen molar-refractivity contribution in [1.29, 1.82) is 0 Å². The number of rotatable bonds is 5. The van der Waals surface area contributed by atoms with Crippen molar-refractivity contribution in [2.24, 2.45) is 0 Å². The van der Waals surface area contributed by atoms with Crippen LogP contribution in [0, 0.1) is 5.82 Å². The first-order valence-electron chi connectivity index (χ1n) is 6.57. The fraction of sp³-hybridized carbons (Fsp3) is 0.500. The molecule has 0 saturated carbocycles.